The molecule has 6 heteroatoms. The van der Waals surface area contributed by atoms with E-state index in [2.05, 4.69) is 26.6 Å². The summed E-state index contributed by atoms with van der Waals surface area (Å²) in [5.41, 5.74) is 5.86. The van der Waals surface area contributed by atoms with Crippen LogP contribution >= 0.6 is 15.9 Å². The van der Waals surface area contributed by atoms with Crippen LogP contribution in [0, 0.1) is 5.82 Å². The number of rotatable bonds is 5. The Bertz CT molecular complexity index is 373. The van der Waals surface area contributed by atoms with Crippen molar-refractivity contribution in [2.45, 2.75) is 6.54 Å². The van der Waals surface area contributed by atoms with Crippen LogP contribution in [0.3, 0.4) is 0 Å². The predicted molar refractivity (Wildman–Crippen MR) is 63.4 cm³/mol. The molecular formula is C10H13BrFN3O. The van der Waals surface area contributed by atoms with E-state index in [1.165, 1.54) is 6.07 Å². The molecule has 0 atom stereocenters. The zero-order chi connectivity index (χ0) is 12.0. The molecule has 1 rings (SSSR count). The van der Waals surface area contributed by atoms with Crippen molar-refractivity contribution in [1.29, 1.82) is 0 Å². The number of carbonyl (C=O) groups is 1. The van der Waals surface area contributed by atoms with Crippen molar-refractivity contribution in [3.05, 3.63) is 34.1 Å². The minimum Gasteiger partial charge on any atom is -0.352 e. The fraction of sp³-hybridized carbons (Fsp3) is 0.300. The Morgan fingerprint density at radius 3 is 2.81 bits per heavy atom. The Hall–Kier alpha value is -1.14. The molecule has 0 bridgehead atoms. The predicted octanol–water partition coefficient (Wildman–Crippen LogP) is 1.35. The molecule has 0 unspecified atom stereocenters. The zero-order valence-electron chi connectivity index (χ0n) is 8.59. The van der Waals surface area contributed by atoms with Gasteiger partial charge in [-0.3, -0.25) is 0 Å². The number of primary amides is 1. The Morgan fingerprint density at radius 2 is 2.19 bits per heavy atom. The van der Waals surface area contributed by atoms with E-state index in [4.69, 9.17) is 5.73 Å². The van der Waals surface area contributed by atoms with Crippen LogP contribution in [0.2, 0.25) is 0 Å². The van der Waals surface area contributed by atoms with E-state index >= 15 is 0 Å². The monoisotopic (exact) mass is 289 g/mol. The number of halogens is 2. The van der Waals surface area contributed by atoms with Gasteiger partial charge in [-0.15, -0.1) is 0 Å². The molecule has 0 heterocycles. The van der Waals surface area contributed by atoms with E-state index in [1.54, 1.807) is 12.1 Å². The van der Waals surface area contributed by atoms with Gasteiger partial charge in [0.15, 0.2) is 0 Å². The number of benzene rings is 1. The lowest BCUT2D eigenvalue weighted by Gasteiger charge is -2.06. The summed E-state index contributed by atoms with van der Waals surface area (Å²) in [6, 6.07) is 4.28. The van der Waals surface area contributed by atoms with Gasteiger partial charge in [0.25, 0.3) is 0 Å². The highest BCUT2D eigenvalue weighted by Crippen LogP contribution is 2.16. The lowest BCUT2D eigenvalue weighted by Crippen LogP contribution is -2.35. The lowest BCUT2D eigenvalue weighted by molar-refractivity contribution is 0.249. The first-order chi connectivity index (χ1) is 7.59. The van der Waals surface area contributed by atoms with Crippen molar-refractivity contribution in [2.75, 3.05) is 13.1 Å². The average molecular weight is 290 g/mol. The van der Waals surface area contributed by atoms with Gasteiger partial charge in [0.2, 0.25) is 0 Å². The van der Waals surface area contributed by atoms with Crippen molar-refractivity contribution < 1.29 is 9.18 Å². The summed E-state index contributed by atoms with van der Waals surface area (Å²) in [5, 5.41) is 5.55. The largest absolute Gasteiger partial charge is 0.352 e. The van der Waals surface area contributed by atoms with Gasteiger partial charge >= 0.3 is 6.03 Å². The number of nitrogens with two attached hydrogens (primary N) is 1. The highest BCUT2D eigenvalue weighted by molar-refractivity contribution is 9.10. The second-order valence-electron chi connectivity index (χ2n) is 3.22. The quantitative estimate of drug-likeness (QED) is 0.716. The Kier molecular flexibility index (Phi) is 5.21. The summed E-state index contributed by atoms with van der Waals surface area (Å²) >= 11 is 3.11. The molecule has 4 nitrogen and oxygen atoms in total. The molecule has 0 aliphatic heterocycles. The number of hydrogen-bond donors (Lipinski definition) is 3. The molecule has 1 aromatic carbocycles. The topological polar surface area (TPSA) is 67.2 Å². The van der Waals surface area contributed by atoms with E-state index < -0.39 is 6.03 Å². The molecule has 0 aromatic heterocycles. The maximum absolute atomic E-state index is 12.9. The molecule has 1 aromatic rings. The van der Waals surface area contributed by atoms with Crippen LogP contribution in [0.15, 0.2) is 22.7 Å². The standard InChI is InChI=1S/C10H13BrFN3O/c11-8-5-7(1-2-9(8)12)6-14-3-4-15-10(13)16/h1-2,5,14H,3-4,6H2,(H3,13,15,16). The Labute approximate surface area is 102 Å². The summed E-state index contributed by atoms with van der Waals surface area (Å²) in [5.74, 6) is -0.279. The van der Waals surface area contributed by atoms with Crippen LogP contribution in [-0.4, -0.2) is 19.1 Å². The fourth-order valence-corrected chi connectivity index (χ4v) is 1.58. The summed E-state index contributed by atoms with van der Waals surface area (Å²) in [6.07, 6.45) is 0. The van der Waals surface area contributed by atoms with Crippen LogP contribution in [0.1, 0.15) is 5.56 Å². The molecule has 0 fully saturated rings. The van der Waals surface area contributed by atoms with Crippen molar-refractivity contribution in [1.82, 2.24) is 10.6 Å². The smallest absolute Gasteiger partial charge is 0.312 e. The molecule has 0 radical (unpaired) electrons. The first kappa shape index (κ1) is 12.9. The van der Waals surface area contributed by atoms with Gasteiger partial charge in [-0.05, 0) is 33.6 Å². The molecule has 0 saturated heterocycles. The normalized spacial score (nSPS) is 10.1. The highest BCUT2D eigenvalue weighted by Gasteiger charge is 1.99. The van der Waals surface area contributed by atoms with Crippen molar-refractivity contribution in [3.8, 4) is 0 Å². The highest BCUT2D eigenvalue weighted by atomic mass is 79.9. The van der Waals surface area contributed by atoms with Crippen LogP contribution in [0.25, 0.3) is 0 Å². The molecule has 0 aliphatic rings. The van der Waals surface area contributed by atoms with Gasteiger partial charge in [-0.25, -0.2) is 9.18 Å². The SMILES string of the molecule is NC(=O)NCCNCc1ccc(F)c(Br)c1. The molecule has 0 saturated carbocycles. The van der Waals surface area contributed by atoms with Crippen LogP contribution in [0.5, 0.6) is 0 Å². The van der Waals surface area contributed by atoms with Crippen molar-refractivity contribution >= 4 is 22.0 Å². The van der Waals surface area contributed by atoms with Gasteiger partial charge in [0, 0.05) is 19.6 Å². The first-order valence-electron chi connectivity index (χ1n) is 4.77. The number of carbonyl (C=O) groups excluding carboxylic acids is 1. The molecular weight excluding hydrogens is 277 g/mol. The van der Waals surface area contributed by atoms with E-state index in [-0.39, 0.29) is 5.82 Å². The second kappa shape index (κ2) is 6.44. The summed E-state index contributed by atoms with van der Waals surface area (Å²) < 4.78 is 13.3. The van der Waals surface area contributed by atoms with Gasteiger partial charge in [-0.1, -0.05) is 6.07 Å². The van der Waals surface area contributed by atoms with Gasteiger partial charge in [0.1, 0.15) is 5.82 Å². The molecule has 0 aliphatic carbocycles. The Balaban J connectivity index is 2.27. The number of amides is 2. The van der Waals surface area contributed by atoms with Crippen LogP contribution in [0.4, 0.5) is 9.18 Å². The minimum absolute atomic E-state index is 0.279. The van der Waals surface area contributed by atoms with Crippen molar-refractivity contribution in [3.63, 3.8) is 0 Å². The third-order valence-corrected chi connectivity index (χ3v) is 2.52. The molecule has 4 N–H and O–H groups in total. The molecule has 88 valence electrons. The van der Waals surface area contributed by atoms with Crippen LogP contribution < -0.4 is 16.4 Å². The van der Waals surface area contributed by atoms with Crippen molar-refractivity contribution in [2.24, 2.45) is 5.73 Å². The maximum atomic E-state index is 12.9. The number of nitrogens with one attached hydrogen (secondary N) is 2. The molecule has 2 amide bonds. The fourth-order valence-electron chi connectivity index (χ4n) is 1.16. The summed E-state index contributed by atoms with van der Waals surface area (Å²) in [7, 11) is 0. The summed E-state index contributed by atoms with van der Waals surface area (Å²) in [4.78, 5) is 10.4. The maximum Gasteiger partial charge on any atom is 0.312 e. The van der Waals surface area contributed by atoms with Gasteiger partial charge in [0.05, 0.1) is 4.47 Å². The second-order valence-corrected chi connectivity index (χ2v) is 4.07. The average Bonchev–Trinajstić information content (AvgIpc) is 2.22. The Morgan fingerprint density at radius 1 is 1.44 bits per heavy atom. The molecule has 16 heavy (non-hydrogen) atoms. The lowest BCUT2D eigenvalue weighted by atomic mass is 10.2. The summed E-state index contributed by atoms with van der Waals surface area (Å²) in [6.45, 7) is 1.69. The minimum atomic E-state index is -0.536. The zero-order valence-corrected chi connectivity index (χ0v) is 10.2. The van der Waals surface area contributed by atoms with E-state index in [0.29, 0.717) is 24.1 Å². The van der Waals surface area contributed by atoms with Gasteiger partial charge in [-0.2, -0.15) is 0 Å². The van der Waals surface area contributed by atoms with E-state index in [9.17, 15) is 9.18 Å². The first-order valence-corrected chi connectivity index (χ1v) is 5.57. The van der Waals surface area contributed by atoms with E-state index in [0.717, 1.165) is 5.56 Å². The third kappa shape index (κ3) is 4.59. The van der Waals surface area contributed by atoms with Crippen LogP contribution in [-0.2, 0) is 6.54 Å². The number of hydrogen-bond acceptors (Lipinski definition) is 2. The van der Waals surface area contributed by atoms with Gasteiger partial charge < -0.3 is 16.4 Å². The van der Waals surface area contributed by atoms with E-state index in [1.807, 2.05) is 0 Å². The third-order valence-electron chi connectivity index (χ3n) is 1.91. The number of urea groups is 1. The molecule has 0 spiro atoms.